The normalized spacial score (nSPS) is 30.7. The van der Waals surface area contributed by atoms with Crippen LogP contribution in [0, 0.1) is 5.92 Å². The van der Waals surface area contributed by atoms with Gasteiger partial charge in [0.25, 0.3) is 0 Å². The summed E-state index contributed by atoms with van der Waals surface area (Å²) in [5.74, 6) is 0.824. The smallest absolute Gasteiger partial charge is 0.0495 e. The van der Waals surface area contributed by atoms with Gasteiger partial charge in [0.1, 0.15) is 0 Å². The first-order chi connectivity index (χ1) is 6.38. The largest absolute Gasteiger partial charge is 0.381 e. The van der Waals surface area contributed by atoms with E-state index in [1.807, 2.05) is 0 Å². The summed E-state index contributed by atoms with van der Waals surface area (Å²) in [4.78, 5) is 2.49. The lowest BCUT2D eigenvalue weighted by Crippen LogP contribution is -2.50. The Balaban J connectivity index is 1.54. The topological polar surface area (TPSA) is 38.5 Å². The number of nitrogens with two attached hydrogens (primary N) is 1. The molecule has 2 N–H and O–H groups in total. The number of likely N-dealkylation sites (tertiary alicyclic amines) is 1. The van der Waals surface area contributed by atoms with Gasteiger partial charge in [-0.2, -0.15) is 0 Å². The summed E-state index contributed by atoms with van der Waals surface area (Å²) in [6.07, 6.45) is 2.57. The van der Waals surface area contributed by atoms with Crippen LogP contribution in [0.5, 0.6) is 0 Å². The van der Waals surface area contributed by atoms with Crippen molar-refractivity contribution in [2.24, 2.45) is 11.1 Å². The van der Waals surface area contributed by atoms with Gasteiger partial charge in [-0.15, -0.1) is 0 Å². The maximum atomic E-state index is 5.48. The zero-order valence-electron chi connectivity index (χ0n) is 7.95. The van der Waals surface area contributed by atoms with Crippen LogP contribution in [-0.4, -0.2) is 43.0 Å². The second-order valence-corrected chi connectivity index (χ2v) is 4.97. The number of rotatable bonds is 4. The molecule has 0 bridgehead atoms. The molecule has 3 nitrogen and oxygen atoms in total. The third-order valence-corrected chi connectivity index (χ3v) is 3.68. The summed E-state index contributed by atoms with van der Waals surface area (Å²) < 4.78 is 5.34. The van der Waals surface area contributed by atoms with E-state index in [1.165, 1.54) is 44.4 Å². The molecule has 2 aliphatic rings. The number of hydrogen-bond acceptors (Lipinski definition) is 4. The highest BCUT2D eigenvalue weighted by Crippen LogP contribution is 2.21. The van der Waals surface area contributed by atoms with Crippen LogP contribution in [-0.2, 0) is 4.74 Å². The molecule has 2 rings (SSSR count). The Bertz CT molecular complexity index is 156. The van der Waals surface area contributed by atoms with Gasteiger partial charge >= 0.3 is 0 Å². The van der Waals surface area contributed by atoms with Crippen molar-refractivity contribution in [1.82, 2.24) is 4.90 Å². The van der Waals surface area contributed by atoms with Crippen LogP contribution in [0.2, 0.25) is 0 Å². The Morgan fingerprint density at radius 3 is 2.92 bits per heavy atom. The van der Waals surface area contributed by atoms with E-state index in [9.17, 15) is 0 Å². The van der Waals surface area contributed by atoms with Gasteiger partial charge in [0, 0.05) is 31.6 Å². The standard InChI is InChI=1S/C9H18N2OS/c10-13-9-5-11(6-9)3-1-8-2-4-12-7-8/h8-9H,1-7,10H2. The molecule has 0 aliphatic carbocycles. The van der Waals surface area contributed by atoms with Gasteiger partial charge in [-0.25, -0.2) is 0 Å². The molecule has 1 atom stereocenters. The minimum Gasteiger partial charge on any atom is -0.381 e. The highest BCUT2D eigenvalue weighted by atomic mass is 32.2. The van der Waals surface area contributed by atoms with Gasteiger partial charge in [-0.3, -0.25) is 5.14 Å². The summed E-state index contributed by atoms with van der Waals surface area (Å²) in [6.45, 7) is 5.59. The third-order valence-electron chi connectivity index (χ3n) is 2.99. The zero-order valence-corrected chi connectivity index (χ0v) is 8.76. The lowest BCUT2D eigenvalue weighted by molar-refractivity contribution is 0.159. The summed E-state index contributed by atoms with van der Waals surface area (Å²) in [7, 11) is 0. The molecule has 4 heteroatoms. The average Bonchev–Trinajstić information content (AvgIpc) is 2.54. The van der Waals surface area contributed by atoms with E-state index in [0.717, 1.165) is 19.1 Å². The van der Waals surface area contributed by atoms with Gasteiger partial charge in [-0.05, 0) is 25.3 Å². The maximum absolute atomic E-state index is 5.48. The van der Waals surface area contributed by atoms with Crippen molar-refractivity contribution in [2.45, 2.75) is 18.1 Å². The molecule has 0 saturated carbocycles. The fourth-order valence-electron chi connectivity index (χ4n) is 1.97. The molecular formula is C9H18N2OS. The van der Waals surface area contributed by atoms with Gasteiger partial charge in [0.05, 0.1) is 0 Å². The summed E-state index contributed by atoms with van der Waals surface area (Å²) >= 11 is 1.51. The van der Waals surface area contributed by atoms with Crippen molar-refractivity contribution >= 4 is 11.9 Å². The Morgan fingerprint density at radius 2 is 2.31 bits per heavy atom. The Kier molecular flexibility index (Phi) is 3.49. The Labute approximate surface area is 84.1 Å². The molecule has 0 aromatic heterocycles. The van der Waals surface area contributed by atoms with E-state index in [4.69, 9.17) is 9.88 Å². The lowest BCUT2D eigenvalue weighted by atomic mass is 10.0. The number of nitrogens with zero attached hydrogens (tertiary/aromatic N) is 1. The molecule has 13 heavy (non-hydrogen) atoms. The first-order valence-corrected chi connectivity index (χ1v) is 5.98. The van der Waals surface area contributed by atoms with E-state index in [1.54, 1.807) is 0 Å². The SMILES string of the molecule is NSC1CN(CCC2CCOC2)C1. The predicted molar refractivity (Wildman–Crippen MR) is 55.5 cm³/mol. The van der Waals surface area contributed by atoms with Crippen LogP contribution < -0.4 is 5.14 Å². The molecular weight excluding hydrogens is 184 g/mol. The molecule has 2 aliphatic heterocycles. The quantitative estimate of drug-likeness (QED) is 0.681. The van der Waals surface area contributed by atoms with Crippen molar-refractivity contribution in [2.75, 3.05) is 32.8 Å². The van der Waals surface area contributed by atoms with Gasteiger partial charge in [0.2, 0.25) is 0 Å². The molecule has 2 heterocycles. The van der Waals surface area contributed by atoms with E-state index in [2.05, 4.69) is 4.90 Å². The van der Waals surface area contributed by atoms with Crippen LogP contribution in [0.25, 0.3) is 0 Å². The zero-order chi connectivity index (χ0) is 9.10. The molecule has 76 valence electrons. The van der Waals surface area contributed by atoms with Crippen molar-refractivity contribution in [3.63, 3.8) is 0 Å². The molecule has 0 amide bonds. The van der Waals surface area contributed by atoms with E-state index < -0.39 is 0 Å². The van der Waals surface area contributed by atoms with Crippen molar-refractivity contribution in [1.29, 1.82) is 0 Å². The predicted octanol–water partition coefficient (Wildman–Crippen LogP) is 0.704. The van der Waals surface area contributed by atoms with Crippen LogP contribution in [0.4, 0.5) is 0 Å². The molecule has 0 radical (unpaired) electrons. The summed E-state index contributed by atoms with van der Waals surface area (Å²) in [5, 5.41) is 6.18. The Hall–Kier alpha value is 0.230. The fourth-order valence-corrected chi connectivity index (χ4v) is 2.56. The van der Waals surface area contributed by atoms with Gasteiger partial charge < -0.3 is 9.64 Å². The minimum absolute atomic E-state index is 0.694. The third kappa shape index (κ3) is 2.59. The highest BCUT2D eigenvalue weighted by Gasteiger charge is 2.26. The van der Waals surface area contributed by atoms with E-state index in [-0.39, 0.29) is 0 Å². The van der Waals surface area contributed by atoms with Gasteiger partial charge in [-0.1, -0.05) is 11.9 Å². The van der Waals surface area contributed by atoms with Crippen molar-refractivity contribution in [3.8, 4) is 0 Å². The average molecular weight is 202 g/mol. The maximum Gasteiger partial charge on any atom is 0.0495 e. The molecule has 0 aromatic rings. The molecule has 0 aromatic carbocycles. The van der Waals surface area contributed by atoms with E-state index >= 15 is 0 Å². The molecule has 2 saturated heterocycles. The van der Waals surface area contributed by atoms with E-state index in [0.29, 0.717) is 5.25 Å². The second kappa shape index (κ2) is 4.64. The van der Waals surface area contributed by atoms with Crippen LogP contribution >= 0.6 is 11.9 Å². The monoisotopic (exact) mass is 202 g/mol. The highest BCUT2D eigenvalue weighted by molar-refractivity contribution is 7.97. The summed E-state index contributed by atoms with van der Waals surface area (Å²) in [6, 6.07) is 0. The van der Waals surface area contributed by atoms with Gasteiger partial charge in [0.15, 0.2) is 0 Å². The molecule has 0 spiro atoms. The summed E-state index contributed by atoms with van der Waals surface area (Å²) in [5.41, 5.74) is 0. The Morgan fingerprint density at radius 1 is 1.46 bits per heavy atom. The fraction of sp³-hybridized carbons (Fsp3) is 1.00. The molecule has 1 unspecified atom stereocenters. The van der Waals surface area contributed by atoms with Crippen LogP contribution in [0.15, 0.2) is 0 Å². The first kappa shape index (κ1) is 9.77. The molecule has 2 fully saturated rings. The second-order valence-electron chi connectivity index (χ2n) is 4.04. The van der Waals surface area contributed by atoms with Crippen LogP contribution in [0.3, 0.4) is 0 Å². The van der Waals surface area contributed by atoms with Crippen molar-refractivity contribution < 1.29 is 4.74 Å². The first-order valence-electron chi connectivity index (χ1n) is 5.04. The number of hydrogen-bond donors (Lipinski definition) is 1. The lowest BCUT2D eigenvalue weighted by Gasteiger charge is -2.38. The van der Waals surface area contributed by atoms with Crippen molar-refractivity contribution in [3.05, 3.63) is 0 Å². The number of ether oxygens (including phenoxy) is 1. The minimum atomic E-state index is 0.694. The van der Waals surface area contributed by atoms with Crippen LogP contribution in [0.1, 0.15) is 12.8 Å².